The standard InChI is InChI=1S/C16H13F4/c1-10(2)13-4-3-5-14(15(13)16(18,19)20)11-6-8-12(17)9-7-11/h3-4,6-10H,1-2H3. The van der Waals surface area contributed by atoms with E-state index in [0.717, 1.165) is 12.1 Å². The predicted molar refractivity (Wildman–Crippen MR) is 69.8 cm³/mol. The lowest BCUT2D eigenvalue weighted by Crippen LogP contribution is -2.12. The topological polar surface area (TPSA) is 0 Å². The van der Waals surface area contributed by atoms with Crippen LogP contribution in [0, 0.1) is 11.9 Å². The van der Waals surface area contributed by atoms with Crippen LogP contribution in [0.2, 0.25) is 0 Å². The van der Waals surface area contributed by atoms with Gasteiger partial charge in [-0.1, -0.05) is 38.1 Å². The molecule has 2 aromatic carbocycles. The summed E-state index contributed by atoms with van der Waals surface area (Å²) in [6.45, 7) is 3.41. The zero-order valence-corrected chi connectivity index (χ0v) is 11.1. The molecule has 0 saturated carbocycles. The Morgan fingerprint density at radius 1 is 1.00 bits per heavy atom. The quantitative estimate of drug-likeness (QED) is 0.643. The monoisotopic (exact) mass is 281 g/mol. The van der Waals surface area contributed by atoms with Gasteiger partial charge in [-0.25, -0.2) is 4.39 Å². The molecule has 105 valence electrons. The van der Waals surface area contributed by atoms with Gasteiger partial charge >= 0.3 is 6.18 Å². The van der Waals surface area contributed by atoms with E-state index >= 15 is 0 Å². The normalized spacial score (nSPS) is 11.9. The highest BCUT2D eigenvalue weighted by molar-refractivity contribution is 5.69. The van der Waals surface area contributed by atoms with Crippen molar-refractivity contribution in [3.63, 3.8) is 0 Å². The molecule has 0 nitrogen and oxygen atoms in total. The van der Waals surface area contributed by atoms with E-state index in [1.54, 1.807) is 13.8 Å². The third kappa shape index (κ3) is 2.84. The fourth-order valence-corrected chi connectivity index (χ4v) is 2.15. The van der Waals surface area contributed by atoms with Crippen LogP contribution in [0.15, 0.2) is 36.4 Å². The van der Waals surface area contributed by atoms with E-state index in [1.165, 1.54) is 24.3 Å². The Balaban J connectivity index is 2.70. The molecule has 0 aliphatic rings. The van der Waals surface area contributed by atoms with Crippen LogP contribution in [0.3, 0.4) is 0 Å². The first-order valence-corrected chi connectivity index (χ1v) is 6.18. The van der Waals surface area contributed by atoms with Gasteiger partial charge in [-0.15, -0.1) is 0 Å². The lowest BCUT2D eigenvalue weighted by atomic mass is 9.90. The second-order valence-corrected chi connectivity index (χ2v) is 4.84. The Labute approximate surface area is 115 Å². The first-order valence-electron chi connectivity index (χ1n) is 6.18. The lowest BCUT2D eigenvalue weighted by molar-refractivity contribution is -0.137. The van der Waals surface area contributed by atoms with Gasteiger partial charge in [-0.2, -0.15) is 13.2 Å². The van der Waals surface area contributed by atoms with E-state index in [9.17, 15) is 17.6 Å². The van der Waals surface area contributed by atoms with Crippen LogP contribution < -0.4 is 0 Å². The minimum atomic E-state index is -4.47. The summed E-state index contributed by atoms with van der Waals surface area (Å²) in [4.78, 5) is 0. The molecular formula is C16H13F4. The Morgan fingerprint density at radius 2 is 1.60 bits per heavy atom. The predicted octanol–water partition coefficient (Wildman–Crippen LogP) is 5.44. The fourth-order valence-electron chi connectivity index (χ4n) is 2.15. The minimum Gasteiger partial charge on any atom is -0.207 e. The molecule has 0 saturated heterocycles. The second-order valence-electron chi connectivity index (χ2n) is 4.84. The van der Waals surface area contributed by atoms with E-state index in [0.29, 0.717) is 5.56 Å². The smallest absolute Gasteiger partial charge is 0.207 e. The van der Waals surface area contributed by atoms with Crippen LogP contribution in [-0.2, 0) is 6.18 Å². The molecule has 0 aliphatic carbocycles. The highest BCUT2D eigenvalue weighted by atomic mass is 19.4. The first kappa shape index (κ1) is 14.6. The molecule has 2 aromatic rings. The van der Waals surface area contributed by atoms with E-state index in [4.69, 9.17) is 0 Å². The molecule has 0 fully saturated rings. The summed E-state index contributed by atoms with van der Waals surface area (Å²) in [5.41, 5.74) is -0.206. The van der Waals surface area contributed by atoms with Crippen LogP contribution in [0.25, 0.3) is 11.1 Å². The summed E-state index contributed by atoms with van der Waals surface area (Å²) in [6.07, 6.45) is -4.47. The minimum absolute atomic E-state index is 0.0382. The van der Waals surface area contributed by atoms with Crippen molar-refractivity contribution in [2.24, 2.45) is 0 Å². The SMILES string of the molecule is CC(C)c1cc[c]c(-c2ccc(F)cc2)c1C(F)(F)F. The van der Waals surface area contributed by atoms with Crippen molar-refractivity contribution in [3.8, 4) is 11.1 Å². The molecule has 0 heterocycles. The van der Waals surface area contributed by atoms with Gasteiger partial charge in [0.25, 0.3) is 0 Å². The molecule has 0 unspecified atom stereocenters. The van der Waals surface area contributed by atoms with Crippen molar-refractivity contribution < 1.29 is 17.6 Å². The van der Waals surface area contributed by atoms with E-state index in [2.05, 4.69) is 6.07 Å². The average molecular weight is 281 g/mol. The second kappa shape index (κ2) is 5.27. The summed E-state index contributed by atoms with van der Waals surface area (Å²) in [7, 11) is 0. The lowest BCUT2D eigenvalue weighted by Gasteiger charge is -2.19. The van der Waals surface area contributed by atoms with Gasteiger partial charge in [0.2, 0.25) is 0 Å². The number of alkyl halides is 3. The molecular weight excluding hydrogens is 268 g/mol. The maximum absolute atomic E-state index is 13.3. The average Bonchev–Trinajstić information content (AvgIpc) is 2.37. The summed E-state index contributed by atoms with van der Waals surface area (Å²) < 4.78 is 52.9. The maximum Gasteiger partial charge on any atom is 0.417 e. The number of halogens is 4. The van der Waals surface area contributed by atoms with Gasteiger partial charge in [0.05, 0.1) is 5.56 Å². The Morgan fingerprint density at radius 3 is 2.10 bits per heavy atom. The van der Waals surface area contributed by atoms with Gasteiger partial charge in [0.15, 0.2) is 0 Å². The molecule has 0 aromatic heterocycles. The summed E-state index contributed by atoms with van der Waals surface area (Å²) in [5.74, 6) is -0.747. The summed E-state index contributed by atoms with van der Waals surface area (Å²) in [6, 6.07) is 10.5. The van der Waals surface area contributed by atoms with Gasteiger partial charge in [0, 0.05) is 5.56 Å². The van der Waals surface area contributed by atoms with Crippen molar-refractivity contribution in [1.82, 2.24) is 0 Å². The third-order valence-electron chi connectivity index (χ3n) is 3.07. The van der Waals surface area contributed by atoms with Gasteiger partial charge in [0.1, 0.15) is 5.82 Å². The zero-order chi connectivity index (χ0) is 14.9. The molecule has 20 heavy (non-hydrogen) atoms. The summed E-state index contributed by atoms with van der Waals surface area (Å²) in [5, 5.41) is 0. The number of benzene rings is 2. The largest absolute Gasteiger partial charge is 0.417 e. The van der Waals surface area contributed by atoms with Crippen LogP contribution in [0.4, 0.5) is 17.6 Å². The highest BCUT2D eigenvalue weighted by Crippen LogP contribution is 2.41. The van der Waals surface area contributed by atoms with Crippen LogP contribution in [-0.4, -0.2) is 0 Å². The van der Waals surface area contributed by atoms with Crippen molar-refractivity contribution >= 4 is 0 Å². The molecule has 0 N–H and O–H groups in total. The number of hydrogen-bond donors (Lipinski definition) is 0. The van der Waals surface area contributed by atoms with E-state index < -0.39 is 17.6 Å². The molecule has 0 bridgehead atoms. The summed E-state index contributed by atoms with van der Waals surface area (Å²) >= 11 is 0. The molecule has 2 rings (SSSR count). The first-order chi connectivity index (χ1) is 9.30. The Hall–Kier alpha value is -1.84. The molecule has 0 aliphatic heterocycles. The zero-order valence-electron chi connectivity index (χ0n) is 11.1. The number of rotatable bonds is 2. The molecule has 0 spiro atoms. The fraction of sp³-hybridized carbons (Fsp3) is 0.250. The van der Waals surface area contributed by atoms with Crippen LogP contribution in [0.1, 0.15) is 30.9 Å². The maximum atomic E-state index is 13.3. The van der Waals surface area contributed by atoms with Crippen LogP contribution >= 0.6 is 0 Å². The van der Waals surface area contributed by atoms with Gasteiger partial charge in [-0.3, -0.25) is 0 Å². The molecule has 0 amide bonds. The Bertz CT molecular complexity index is 595. The van der Waals surface area contributed by atoms with Crippen molar-refractivity contribution in [3.05, 3.63) is 59.4 Å². The van der Waals surface area contributed by atoms with E-state index in [-0.39, 0.29) is 17.0 Å². The highest BCUT2D eigenvalue weighted by Gasteiger charge is 2.36. The molecule has 1 radical (unpaired) electrons. The van der Waals surface area contributed by atoms with Crippen molar-refractivity contribution in [2.75, 3.05) is 0 Å². The van der Waals surface area contributed by atoms with Crippen molar-refractivity contribution in [1.29, 1.82) is 0 Å². The van der Waals surface area contributed by atoms with Crippen LogP contribution in [0.5, 0.6) is 0 Å². The van der Waals surface area contributed by atoms with E-state index in [1.807, 2.05) is 0 Å². The van der Waals surface area contributed by atoms with Crippen molar-refractivity contribution in [2.45, 2.75) is 25.9 Å². The van der Waals surface area contributed by atoms with Gasteiger partial charge < -0.3 is 0 Å². The molecule has 0 atom stereocenters. The Kier molecular flexibility index (Phi) is 3.84. The third-order valence-corrected chi connectivity index (χ3v) is 3.07. The molecule has 4 heteroatoms. The van der Waals surface area contributed by atoms with Gasteiger partial charge in [-0.05, 0) is 35.2 Å². The number of hydrogen-bond acceptors (Lipinski definition) is 0.